The molecule has 0 saturated heterocycles. The Labute approximate surface area is 87.0 Å². The van der Waals surface area contributed by atoms with Crippen LogP contribution in [0.3, 0.4) is 0 Å². The van der Waals surface area contributed by atoms with Crippen molar-refractivity contribution in [2.45, 2.75) is 0 Å². The lowest BCUT2D eigenvalue weighted by atomic mass is 10.0. The molecule has 0 N–H and O–H groups in total. The van der Waals surface area contributed by atoms with Gasteiger partial charge in [0, 0.05) is 11.1 Å². The van der Waals surface area contributed by atoms with E-state index in [9.17, 15) is 0 Å². The topological polar surface area (TPSA) is 13.1 Å². The molecule has 0 radical (unpaired) electrons. The van der Waals surface area contributed by atoms with E-state index in [0.29, 0.717) is 0 Å². The molecular formula is C14H8O. The predicted molar refractivity (Wildman–Crippen MR) is 60.6 cm³/mol. The zero-order valence-corrected chi connectivity index (χ0v) is 8.03. The highest BCUT2D eigenvalue weighted by Crippen LogP contribution is 2.47. The average molecular weight is 192 g/mol. The van der Waals surface area contributed by atoms with E-state index >= 15 is 0 Å². The van der Waals surface area contributed by atoms with Crippen molar-refractivity contribution >= 4 is 10.8 Å². The number of hydrogen-bond acceptors (Lipinski definition) is 1. The van der Waals surface area contributed by atoms with Crippen molar-refractivity contribution in [2.24, 2.45) is 0 Å². The van der Waals surface area contributed by atoms with Gasteiger partial charge < -0.3 is 4.42 Å². The Kier molecular flexibility index (Phi) is 1.13. The van der Waals surface area contributed by atoms with Crippen LogP contribution in [0, 0.1) is 0 Å². The minimum atomic E-state index is 1.22. The van der Waals surface area contributed by atoms with Crippen molar-refractivity contribution in [3.05, 3.63) is 48.9 Å². The van der Waals surface area contributed by atoms with Gasteiger partial charge in [-0.15, -0.1) is 0 Å². The number of fused-ring (bicyclic) bond motifs is 3. The summed E-state index contributed by atoms with van der Waals surface area (Å²) in [7, 11) is 0. The van der Waals surface area contributed by atoms with E-state index in [1.54, 1.807) is 0 Å². The van der Waals surface area contributed by atoms with Gasteiger partial charge in [-0.3, -0.25) is 0 Å². The summed E-state index contributed by atoms with van der Waals surface area (Å²) in [5.74, 6) is 0. The lowest BCUT2D eigenvalue weighted by molar-refractivity contribution is 0.569. The van der Waals surface area contributed by atoms with Crippen molar-refractivity contribution in [2.75, 3.05) is 0 Å². The summed E-state index contributed by atoms with van der Waals surface area (Å²) >= 11 is 0. The van der Waals surface area contributed by atoms with Gasteiger partial charge in [0.1, 0.15) is 0 Å². The third kappa shape index (κ3) is 0.747. The van der Waals surface area contributed by atoms with Crippen molar-refractivity contribution in [3.63, 3.8) is 0 Å². The molecule has 0 amide bonds. The standard InChI is InChI=1S/C14H8O/c1-3-9-4-2-6-11-13-8-15-7-12(13)10(5-1)14(9)11/h1-8H. The SMILES string of the molecule is c1cc2c3c(cccc3c1)-c1cocc1-2. The van der Waals surface area contributed by atoms with E-state index in [1.165, 1.54) is 33.0 Å². The zero-order valence-electron chi connectivity index (χ0n) is 8.03. The van der Waals surface area contributed by atoms with Crippen LogP contribution < -0.4 is 0 Å². The molecule has 1 aliphatic rings. The van der Waals surface area contributed by atoms with Crippen LogP contribution in [-0.4, -0.2) is 0 Å². The molecule has 0 saturated carbocycles. The molecule has 1 aromatic heterocycles. The van der Waals surface area contributed by atoms with Gasteiger partial charge in [0.2, 0.25) is 0 Å². The predicted octanol–water partition coefficient (Wildman–Crippen LogP) is 4.08. The summed E-state index contributed by atoms with van der Waals surface area (Å²) < 4.78 is 5.28. The van der Waals surface area contributed by atoms with Gasteiger partial charge in [-0.2, -0.15) is 0 Å². The maximum atomic E-state index is 5.28. The minimum Gasteiger partial charge on any atom is -0.471 e. The molecule has 2 aromatic carbocycles. The fraction of sp³-hybridized carbons (Fsp3) is 0. The van der Waals surface area contributed by atoms with Gasteiger partial charge in [-0.1, -0.05) is 36.4 Å². The van der Waals surface area contributed by atoms with E-state index in [0.717, 1.165) is 0 Å². The molecule has 3 aromatic rings. The summed E-state index contributed by atoms with van der Waals surface area (Å²) in [5, 5.41) is 2.67. The van der Waals surface area contributed by atoms with Crippen molar-refractivity contribution in [1.29, 1.82) is 0 Å². The van der Waals surface area contributed by atoms with Crippen molar-refractivity contribution < 1.29 is 4.42 Å². The Morgan fingerprint density at radius 2 is 1.27 bits per heavy atom. The lowest BCUT2D eigenvalue weighted by Crippen LogP contribution is -1.74. The normalized spacial score (nSPS) is 12.0. The van der Waals surface area contributed by atoms with Gasteiger partial charge in [0.25, 0.3) is 0 Å². The molecule has 15 heavy (non-hydrogen) atoms. The molecule has 1 nitrogen and oxygen atoms in total. The van der Waals surface area contributed by atoms with E-state index < -0.39 is 0 Å². The highest BCUT2D eigenvalue weighted by atomic mass is 16.3. The van der Waals surface area contributed by atoms with Crippen LogP contribution in [0.5, 0.6) is 0 Å². The second-order valence-corrected chi connectivity index (χ2v) is 3.91. The van der Waals surface area contributed by atoms with Gasteiger partial charge in [-0.25, -0.2) is 0 Å². The van der Waals surface area contributed by atoms with Gasteiger partial charge >= 0.3 is 0 Å². The molecule has 0 bridgehead atoms. The van der Waals surface area contributed by atoms with Crippen LogP contribution in [0.2, 0.25) is 0 Å². The largest absolute Gasteiger partial charge is 0.471 e. The highest BCUT2D eigenvalue weighted by molar-refractivity contribution is 6.14. The Morgan fingerprint density at radius 3 is 1.87 bits per heavy atom. The van der Waals surface area contributed by atoms with Crippen LogP contribution in [0.15, 0.2) is 53.3 Å². The smallest absolute Gasteiger partial charge is 0.0987 e. The molecule has 0 spiro atoms. The van der Waals surface area contributed by atoms with Crippen molar-refractivity contribution in [1.82, 2.24) is 0 Å². The maximum Gasteiger partial charge on any atom is 0.0987 e. The average Bonchev–Trinajstić information content (AvgIpc) is 2.84. The zero-order chi connectivity index (χ0) is 9.83. The molecule has 70 valence electrons. The second kappa shape index (κ2) is 2.31. The minimum absolute atomic E-state index is 1.22. The Balaban J connectivity index is 2.35. The number of rotatable bonds is 0. The number of hydrogen-bond donors (Lipinski definition) is 0. The summed E-state index contributed by atoms with van der Waals surface area (Å²) in [4.78, 5) is 0. The molecule has 0 atom stereocenters. The number of benzene rings is 2. The van der Waals surface area contributed by atoms with E-state index in [2.05, 4.69) is 36.4 Å². The van der Waals surface area contributed by atoms with Crippen LogP contribution >= 0.6 is 0 Å². The molecule has 1 heterocycles. The Morgan fingerprint density at radius 1 is 0.667 bits per heavy atom. The van der Waals surface area contributed by atoms with Crippen LogP contribution in [0.1, 0.15) is 0 Å². The summed E-state index contributed by atoms with van der Waals surface area (Å²) in [6.07, 6.45) is 3.67. The Bertz CT molecular complexity index is 623. The van der Waals surface area contributed by atoms with Crippen LogP contribution in [0.25, 0.3) is 33.0 Å². The maximum absolute atomic E-state index is 5.28. The molecule has 0 fully saturated rings. The van der Waals surface area contributed by atoms with Gasteiger partial charge in [0.05, 0.1) is 12.5 Å². The summed E-state index contributed by atoms with van der Waals surface area (Å²) in [5.41, 5.74) is 5.04. The van der Waals surface area contributed by atoms with E-state index in [-0.39, 0.29) is 0 Å². The fourth-order valence-corrected chi connectivity index (χ4v) is 2.50. The molecule has 0 aliphatic heterocycles. The third-order valence-electron chi connectivity index (χ3n) is 3.15. The first-order valence-corrected chi connectivity index (χ1v) is 5.04. The fourth-order valence-electron chi connectivity index (χ4n) is 2.50. The molecule has 0 unspecified atom stereocenters. The van der Waals surface area contributed by atoms with E-state index in [1.807, 2.05) is 12.5 Å². The van der Waals surface area contributed by atoms with Gasteiger partial charge in [-0.05, 0) is 21.9 Å². The first-order chi connectivity index (χ1) is 7.45. The van der Waals surface area contributed by atoms with Crippen LogP contribution in [-0.2, 0) is 0 Å². The van der Waals surface area contributed by atoms with Crippen LogP contribution in [0.4, 0.5) is 0 Å². The quantitative estimate of drug-likeness (QED) is 0.409. The highest BCUT2D eigenvalue weighted by Gasteiger charge is 2.21. The summed E-state index contributed by atoms with van der Waals surface area (Å²) in [6.45, 7) is 0. The first-order valence-electron chi connectivity index (χ1n) is 5.04. The van der Waals surface area contributed by atoms with Crippen molar-refractivity contribution in [3.8, 4) is 22.3 Å². The molecule has 1 aliphatic carbocycles. The second-order valence-electron chi connectivity index (χ2n) is 3.91. The third-order valence-corrected chi connectivity index (χ3v) is 3.15. The lowest BCUT2D eigenvalue weighted by Gasteiger charge is -2.00. The van der Waals surface area contributed by atoms with E-state index in [4.69, 9.17) is 4.42 Å². The molecular weight excluding hydrogens is 184 g/mol. The summed E-state index contributed by atoms with van der Waals surface area (Å²) in [6, 6.07) is 12.8. The van der Waals surface area contributed by atoms with Gasteiger partial charge in [0.15, 0.2) is 0 Å². The molecule has 4 rings (SSSR count). The molecule has 1 heteroatoms. The number of furan rings is 1. The monoisotopic (exact) mass is 192 g/mol. The first kappa shape index (κ1) is 7.30. The Hall–Kier alpha value is -2.02.